The van der Waals surface area contributed by atoms with Gasteiger partial charge in [0.15, 0.2) is 0 Å². The molecule has 1 aliphatic heterocycles. The third kappa shape index (κ3) is 4.14. The zero-order valence-corrected chi connectivity index (χ0v) is 14.1. The highest BCUT2D eigenvalue weighted by Crippen LogP contribution is 2.21. The number of hydrogen-bond acceptors (Lipinski definition) is 6. The molecule has 1 fully saturated rings. The molecular weight excluding hydrogens is 290 g/mol. The van der Waals surface area contributed by atoms with E-state index in [-0.39, 0.29) is 6.04 Å². The molecule has 3 rings (SSSR count). The van der Waals surface area contributed by atoms with Crippen LogP contribution in [0, 0.1) is 12.8 Å². The summed E-state index contributed by atoms with van der Waals surface area (Å²) in [5, 5.41) is 11.7. The number of nitrogens with one attached hydrogen (secondary N) is 1. The molecule has 0 aliphatic carbocycles. The van der Waals surface area contributed by atoms with Gasteiger partial charge in [-0.1, -0.05) is 13.0 Å². The molecule has 6 nitrogen and oxygen atoms in total. The molecule has 2 aromatic rings. The first kappa shape index (κ1) is 16.1. The van der Waals surface area contributed by atoms with Crippen molar-refractivity contribution in [3.8, 4) is 0 Å². The summed E-state index contributed by atoms with van der Waals surface area (Å²) in [5.74, 6) is 1.86. The molecule has 0 amide bonds. The fourth-order valence-electron chi connectivity index (χ4n) is 3.22. The zero-order valence-electron chi connectivity index (χ0n) is 14.1. The molecule has 0 spiro atoms. The number of rotatable bonds is 5. The molecule has 0 aromatic carbocycles. The Balaban J connectivity index is 1.52. The molecule has 2 aromatic heterocycles. The van der Waals surface area contributed by atoms with E-state index < -0.39 is 0 Å². The topological polar surface area (TPSA) is 67.1 Å². The monoisotopic (exact) mass is 315 g/mol. The summed E-state index contributed by atoms with van der Waals surface area (Å²) >= 11 is 0. The normalized spacial score (nSPS) is 23.8. The average molecular weight is 315 g/mol. The van der Waals surface area contributed by atoms with Crippen molar-refractivity contribution in [1.29, 1.82) is 0 Å². The molecule has 3 atom stereocenters. The van der Waals surface area contributed by atoms with Gasteiger partial charge in [0.25, 0.3) is 0 Å². The van der Waals surface area contributed by atoms with Crippen LogP contribution < -0.4 is 5.32 Å². The number of hydrogen-bond donors (Lipinski definition) is 1. The van der Waals surface area contributed by atoms with Crippen LogP contribution in [-0.2, 0) is 6.54 Å². The molecule has 0 saturated carbocycles. The number of pyridine rings is 1. The molecule has 0 radical (unpaired) electrons. The predicted molar refractivity (Wildman–Crippen MR) is 87.7 cm³/mol. The van der Waals surface area contributed by atoms with Crippen molar-refractivity contribution in [2.75, 3.05) is 13.1 Å². The lowest BCUT2D eigenvalue weighted by atomic mass is 9.93. The lowest BCUT2D eigenvalue weighted by molar-refractivity contribution is 0.131. The van der Waals surface area contributed by atoms with Crippen molar-refractivity contribution < 1.29 is 4.42 Å². The maximum absolute atomic E-state index is 5.52. The van der Waals surface area contributed by atoms with E-state index in [4.69, 9.17) is 4.42 Å². The molecule has 3 heterocycles. The van der Waals surface area contributed by atoms with Crippen molar-refractivity contribution in [2.45, 2.75) is 45.8 Å². The van der Waals surface area contributed by atoms with E-state index in [1.165, 1.54) is 0 Å². The van der Waals surface area contributed by atoms with Crippen LogP contribution in [-0.4, -0.2) is 39.2 Å². The van der Waals surface area contributed by atoms with E-state index in [1.54, 1.807) is 0 Å². The fourth-order valence-corrected chi connectivity index (χ4v) is 3.22. The first-order valence-corrected chi connectivity index (χ1v) is 8.30. The second kappa shape index (κ2) is 7.19. The number of aromatic nitrogens is 3. The molecule has 1 saturated heterocycles. The van der Waals surface area contributed by atoms with E-state index in [0.717, 1.165) is 31.7 Å². The fraction of sp³-hybridized carbons (Fsp3) is 0.588. The third-order valence-corrected chi connectivity index (χ3v) is 4.48. The second-order valence-corrected chi connectivity index (χ2v) is 6.48. The van der Waals surface area contributed by atoms with Gasteiger partial charge in [-0.15, -0.1) is 10.2 Å². The van der Waals surface area contributed by atoms with Crippen LogP contribution in [0.2, 0.25) is 0 Å². The van der Waals surface area contributed by atoms with Crippen LogP contribution in [0.15, 0.2) is 28.8 Å². The van der Waals surface area contributed by atoms with Gasteiger partial charge in [0, 0.05) is 38.8 Å². The number of likely N-dealkylation sites (tertiary alicyclic amines) is 1. The van der Waals surface area contributed by atoms with Gasteiger partial charge in [0.05, 0.1) is 11.7 Å². The summed E-state index contributed by atoms with van der Waals surface area (Å²) in [6.45, 7) is 9.28. The van der Waals surface area contributed by atoms with Gasteiger partial charge in [-0.25, -0.2) is 0 Å². The van der Waals surface area contributed by atoms with Crippen LogP contribution in [0.5, 0.6) is 0 Å². The van der Waals surface area contributed by atoms with Crippen LogP contribution in [0.3, 0.4) is 0 Å². The minimum atomic E-state index is 0.0889. The van der Waals surface area contributed by atoms with E-state index in [0.29, 0.717) is 23.7 Å². The van der Waals surface area contributed by atoms with Gasteiger partial charge < -0.3 is 9.73 Å². The Hall–Kier alpha value is -1.79. The highest BCUT2D eigenvalue weighted by molar-refractivity contribution is 5.03. The molecule has 6 heteroatoms. The predicted octanol–water partition coefficient (Wildman–Crippen LogP) is 2.33. The molecule has 23 heavy (non-hydrogen) atoms. The van der Waals surface area contributed by atoms with E-state index >= 15 is 0 Å². The number of aryl methyl sites for hydroxylation is 1. The minimum absolute atomic E-state index is 0.0889. The summed E-state index contributed by atoms with van der Waals surface area (Å²) in [6.07, 6.45) is 2.98. The van der Waals surface area contributed by atoms with E-state index in [9.17, 15) is 0 Å². The van der Waals surface area contributed by atoms with Gasteiger partial charge >= 0.3 is 0 Å². The van der Waals surface area contributed by atoms with Crippen molar-refractivity contribution in [2.24, 2.45) is 5.92 Å². The van der Waals surface area contributed by atoms with Crippen LogP contribution in [0.1, 0.15) is 43.8 Å². The smallest absolute Gasteiger partial charge is 0.233 e. The van der Waals surface area contributed by atoms with Crippen molar-refractivity contribution >= 4 is 0 Å². The maximum Gasteiger partial charge on any atom is 0.233 e. The Bertz CT molecular complexity index is 614. The summed E-state index contributed by atoms with van der Waals surface area (Å²) in [4.78, 5) is 6.90. The summed E-state index contributed by atoms with van der Waals surface area (Å²) in [6, 6.07) is 6.66. The maximum atomic E-state index is 5.52. The van der Waals surface area contributed by atoms with E-state index in [2.05, 4.69) is 45.3 Å². The summed E-state index contributed by atoms with van der Waals surface area (Å²) < 4.78 is 5.52. The van der Waals surface area contributed by atoms with Gasteiger partial charge in [0.1, 0.15) is 0 Å². The zero-order chi connectivity index (χ0) is 16.2. The summed E-state index contributed by atoms with van der Waals surface area (Å²) in [5.41, 5.74) is 1.14. The first-order chi connectivity index (χ1) is 11.1. The highest BCUT2D eigenvalue weighted by Gasteiger charge is 2.28. The molecule has 1 aliphatic rings. The van der Waals surface area contributed by atoms with Gasteiger partial charge in [0.2, 0.25) is 11.8 Å². The lowest BCUT2D eigenvalue weighted by Gasteiger charge is -2.38. The van der Waals surface area contributed by atoms with Crippen molar-refractivity contribution in [3.63, 3.8) is 0 Å². The second-order valence-electron chi connectivity index (χ2n) is 6.48. The van der Waals surface area contributed by atoms with Gasteiger partial charge in [-0.05, 0) is 31.4 Å². The Kier molecular flexibility index (Phi) is 5.03. The number of piperidine rings is 1. The lowest BCUT2D eigenvalue weighted by Crippen LogP contribution is -2.48. The Morgan fingerprint density at radius 3 is 2.91 bits per heavy atom. The Labute approximate surface area is 137 Å². The molecule has 1 N–H and O–H groups in total. The standard InChI is InChI=1S/C17H25N5O/c1-12-10-22(11-15-6-4-5-8-18-15)9-7-16(12)19-13(2)17-21-20-14(3)23-17/h4-6,8,12-13,16,19H,7,9-11H2,1-3H3/t12-,13+,16+/m1/s1. The Morgan fingerprint density at radius 1 is 1.39 bits per heavy atom. The largest absolute Gasteiger partial charge is 0.424 e. The molecular formula is C17H25N5O. The van der Waals surface area contributed by atoms with Crippen molar-refractivity contribution in [3.05, 3.63) is 41.9 Å². The molecule has 0 bridgehead atoms. The van der Waals surface area contributed by atoms with Gasteiger partial charge in [-0.3, -0.25) is 9.88 Å². The first-order valence-electron chi connectivity index (χ1n) is 8.30. The van der Waals surface area contributed by atoms with E-state index in [1.807, 2.05) is 25.3 Å². The Morgan fingerprint density at radius 2 is 2.26 bits per heavy atom. The minimum Gasteiger partial charge on any atom is -0.424 e. The third-order valence-electron chi connectivity index (χ3n) is 4.48. The van der Waals surface area contributed by atoms with Gasteiger partial charge in [-0.2, -0.15) is 0 Å². The van der Waals surface area contributed by atoms with Crippen LogP contribution in [0.25, 0.3) is 0 Å². The average Bonchev–Trinajstić information content (AvgIpc) is 2.98. The summed E-state index contributed by atoms with van der Waals surface area (Å²) in [7, 11) is 0. The van der Waals surface area contributed by atoms with Crippen LogP contribution >= 0.6 is 0 Å². The molecule has 0 unspecified atom stereocenters. The van der Waals surface area contributed by atoms with Crippen molar-refractivity contribution in [1.82, 2.24) is 25.4 Å². The quantitative estimate of drug-likeness (QED) is 0.913. The number of nitrogens with zero attached hydrogens (tertiary/aromatic N) is 4. The molecule has 124 valence electrons. The SMILES string of the molecule is Cc1nnc([C@H](C)N[C@H]2CCN(Cc3ccccn3)C[C@H]2C)o1. The van der Waals surface area contributed by atoms with Crippen LogP contribution in [0.4, 0.5) is 0 Å². The highest BCUT2D eigenvalue weighted by atomic mass is 16.4.